The van der Waals surface area contributed by atoms with E-state index in [1.54, 1.807) is 0 Å². The molecule has 1 heterocycles. The van der Waals surface area contributed by atoms with Crippen molar-refractivity contribution >= 4 is 17.8 Å². The smallest absolute Gasteiger partial charge is 0.229 e. The standard InChI is InChI=1S/C13H18N6O/c14-11-17-12(15)19-13(18-11)16-8-10-5-2-1-4-9(10)6-3-7-20/h1-2,4-5,20H,3,6-8H2,(H5,14,15,16,17,18,19). The van der Waals surface area contributed by atoms with Gasteiger partial charge >= 0.3 is 0 Å². The van der Waals surface area contributed by atoms with Gasteiger partial charge in [0.05, 0.1) is 0 Å². The Kier molecular flexibility index (Phi) is 4.67. The van der Waals surface area contributed by atoms with Gasteiger partial charge in [0.15, 0.2) is 0 Å². The second-order valence-corrected chi connectivity index (χ2v) is 4.32. The van der Waals surface area contributed by atoms with Gasteiger partial charge in [0.2, 0.25) is 17.8 Å². The summed E-state index contributed by atoms with van der Waals surface area (Å²) >= 11 is 0. The van der Waals surface area contributed by atoms with E-state index in [4.69, 9.17) is 16.6 Å². The summed E-state index contributed by atoms with van der Waals surface area (Å²) in [7, 11) is 0. The van der Waals surface area contributed by atoms with E-state index >= 15 is 0 Å². The largest absolute Gasteiger partial charge is 0.396 e. The lowest BCUT2D eigenvalue weighted by Gasteiger charge is -2.10. The lowest BCUT2D eigenvalue weighted by atomic mass is 10.0. The number of nitrogens with one attached hydrogen (secondary N) is 1. The molecule has 1 aromatic heterocycles. The van der Waals surface area contributed by atoms with Crippen molar-refractivity contribution in [1.29, 1.82) is 0 Å². The average molecular weight is 274 g/mol. The molecule has 7 heteroatoms. The van der Waals surface area contributed by atoms with Crippen LogP contribution in [-0.2, 0) is 13.0 Å². The van der Waals surface area contributed by atoms with Crippen LogP contribution >= 0.6 is 0 Å². The molecule has 0 unspecified atom stereocenters. The van der Waals surface area contributed by atoms with Gasteiger partial charge in [-0.3, -0.25) is 0 Å². The number of aromatic nitrogens is 3. The fraction of sp³-hybridized carbons (Fsp3) is 0.308. The molecule has 0 aliphatic heterocycles. The monoisotopic (exact) mass is 274 g/mol. The maximum atomic E-state index is 8.92. The molecular formula is C13H18N6O. The maximum Gasteiger partial charge on any atom is 0.229 e. The Morgan fingerprint density at radius 1 is 1.00 bits per heavy atom. The number of nitrogens with zero attached hydrogens (tertiary/aromatic N) is 3. The zero-order valence-corrected chi connectivity index (χ0v) is 11.1. The number of benzene rings is 1. The molecule has 1 aromatic carbocycles. The number of hydrogen-bond acceptors (Lipinski definition) is 7. The quantitative estimate of drug-likeness (QED) is 0.607. The zero-order valence-electron chi connectivity index (χ0n) is 11.1. The highest BCUT2D eigenvalue weighted by atomic mass is 16.2. The predicted molar refractivity (Wildman–Crippen MR) is 77.8 cm³/mol. The second kappa shape index (κ2) is 6.67. The fourth-order valence-electron chi connectivity index (χ4n) is 1.91. The minimum Gasteiger partial charge on any atom is -0.396 e. The molecule has 2 aromatic rings. The fourth-order valence-corrected chi connectivity index (χ4v) is 1.91. The van der Waals surface area contributed by atoms with E-state index in [2.05, 4.69) is 20.3 Å². The summed E-state index contributed by atoms with van der Waals surface area (Å²) < 4.78 is 0. The molecule has 0 aliphatic rings. The van der Waals surface area contributed by atoms with Gasteiger partial charge in [-0.25, -0.2) is 0 Å². The molecule has 0 bridgehead atoms. The molecule has 106 valence electrons. The van der Waals surface area contributed by atoms with Crippen molar-refractivity contribution in [2.45, 2.75) is 19.4 Å². The van der Waals surface area contributed by atoms with E-state index in [9.17, 15) is 0 Å². The van der Waals surface area contributed by atoms with Crippen LogP contribution in [0.5, 0.6) is 0 Å². The van der Waals surface area contributed by atoms with Crippen molar-refractivity contribution in [3.63, 3.8) is 0 Å². The van der Waals surface area contributed by atoms with Crippen molar-refractivity contribution in [2.75, 3.05) is 23.4 Å². The Hall–Kier alpha value is -2.41. The molecular weight excluding hydrogens is 256 g/mol. The van der Waals surface area contributed by atoms with Crippen molar-refractivity contribution in [3.8, 4) is 0 Å². The van der Waals surface area contributed by atoms with Gasteiger partial charge in [-0.15, -0.1) is 0 Å². The minimum absolute atomic E-state index is 0.0913. The highest BCUT2D eigenvalue weighted by Gasteiger charge is 2.04. The number of hydrogen-bond donors (Lipinski definition) is 4. The highest BCUT2D eigenvalue weighted by Crippen LogP contribution is 2.13. The van der Waals surface area contributed by atoms with Gasteiger partial charge in [0.1, 0.15) is 0 Å². The Morgan fingerprint density at radius 2 is 1.65 bits per heavy atom. The van der Waals surface area contributed by atoms with Crippen molar-refractivity contribution in [2.24, 2.45) is 0 Å². The third kappa shape index (κ3) is 3.79. The predicted octanol–water partition coefficient (Wildman–Crippen LogP) is 0.573. The molecule has 0 saturated heterocycles. The minimum atomic E-state index is 0.0913. The second-order valence-electron chi connectivity index (χ2n) is 4.32. The molecule has 0 saturated carbocycles. The van der Waals surface area contributed by atoms with E-state index in [-0.39, 0.29) is 18.5 Å². The van der Waals surface area contributed by atoms with Gasteiger partial charge in [0.25, 0.3) is 0 Å². The first kappa shape index (κ1) is 14.0. The van der Waals surface area contributed by atoms with Crippen molar-refractivity contribution in [3.05, 3.63) is 35.4 Å². The van der Waals surface area contributed by atoms with Crippen LogP contribution < -0.4 is 16.8 Å². The Morgan fingerprint density at radius 3 is 2.30 bits per heavy atom. The summed E-state index contributed by atoms with van der Waals surface area (Å²) in [4.78, 5) is 11.6. The zero-order chi connectivity index (χ0) is 14.4. The van der Waals surface area contributed by atoms with Crippen molar-refractivity contribution < 1.29 is 5.11 Å². The van der Waals surface area contributed by atoms with Crippen LogP contribution in [0.15, 0.2) is 24.3 Å². The molecule has 0 aliphatic carbocycles. The summed E-state index contributed by atoms with van der Waals surface area (Å²) in [6, 6.07) is 8.02. The molecule has 7 nitrogen and oxygen atoms in total. The number of nitrogens with two attached hydrogens (primary N) is 2. The third-order valence-electron chi connectivity index (χ3n) is 2.83. The van der Waals surface area contributed by atoms with E-state index in [0.717, 1.165) is 18.4 Å². The summed E-state index contributed by atoms with van der Waals surface area (Å²) in [5.41, 5.74) is 13.3. The first-order valence-electron chi connectivity index (χ1n) is 6.37. The van der Waals surface area contributed by atoms with Crippen LogP contribution in [0.25, 0.3) is 0 Å². The number of nitrogen functional groups attached to an aromatic ring is 2. The SMILES string of the molecule is Nc1nc(N)nc(NCc2ccccc2CCCO)n1. The molecule has 2 rings (SSSR count). The number of aliphatic hydroxyl groups excluding tert-OH is 1. The molecule has 6 N–H and O–H groups in total. The first-order chi connectivity index (χ1) is 9.69. The first-order valence-corrected chi connectivity index (χ1v) is 6.37. The maximum absolute atomic E-state index is 8.92. The highest BCUT2D eigenvalue weighted by molar-refractivity contribution is 5.39. The number of anilines is 3. The van der Waals surface area contributed by atoms with Gasteiger partial charge in [-0.2, -0.15) is 15.0 Å². The van der Waals surface area contributed by atoms with Crippen molar-refractivity contribution in [1.82, 2.24) is 15.0 Å². The van der Waals surface area contributed by atoms with Gasteiger partial charge in [-0.1, -0.05) is 24.3 Å². The number of aryl methyl sites for hydroxylation is 1. The third-order valence-corrected chi connectivity index (χ3v) is 2.83. The van der Waals surface area contributed by atoms with Crippen LogP contribution in [0.1, 0.15) is 17.5 Å². The molecule has 0 atom stereocenters. The van der Waals surface area contributed by atoms with Crippen LogP contribution in [0.4, 0.5) is 17.8 Å². The summed E-state index contributed by atoms with van der Waals surface area (Å²) in [6.45, 7) is 0.743. The molecule has 0 spiro atoms. The van der Waals surface area contributed by atoms with Crippen LogP contribution in [0.3, 0.4) is 0 Å². The van der Waals surface area contributed by atoms with E-state index in [1.807, 2.05) is 24.3 Å². The van der Waals surface area contributed by atoms with Gasteiger partial charge < -0.3 is 21.9 Å². The normalized spacial score (nSPS) is 10.4. The number of rotatable bonds is 6. The molecule has 20 heavy (non-hydrogen) atoms. The molecule has 0 fully saturated rings. The topological polar surface area (TPSA) is 123 Å². The van der Waals surface area contributed by atoms with E-state index < -0.39 is 0 Å². The van der Waals surface area contributed by atoms with Gasteiger partial charge in [-0.05, 0) is 24.0 Å². The Labute approximate surface area is 117 Å². The number of aliphatic hydroxyl groups is 1. The van der Waals surface area contributed by atoms with E-state index in [1.165, 1.54) is 5.56 Å². The lowest BCUT2D eigenvalue weighted by molar-refractivity contribution is 0.288. The Bertz CT molecular complexity index is 554. The summed E-state index contributed by atoms with van der Waals surface area (Å²) in [5.74, 6) is 0.536. The average Bonchev–Trinajstić information content (AvgIpc) is 2.43. The summed E-state index contributed by atoms with van der Waals surface area (Å²) in [5, 5.41) is 12.0. The van der Waals surface area contributed by atoms with E-state index in [0.29, 0.717) is 12.5 Å². The molecule has 0 amide bonds. The van der Waals surface area contributed by atoms with Crippen LogP contribution in [0, 0.1) is 0 Å². The molecule has 0 radical (unpaired) electrons. The van der Waals surface area contributed by atoms with Gasteiger partial charge in [0, 0.05) is 13.2 Å². The Balaban J connectivity index is 2.06. The van der Waals surface area contributed by atoms with Crippen LogP contribution in [0.2, 0.25) is 0 Å². The van der Waals surface area contributed by atoms with Crippen LogP contribution in [-0.4, -0.2) is 26.7 Å². The summed E-state index contributed by atoms with van der Waals surface area (Å²) in [6.07, 6.45) is 1.57. The lowest BCUT2D eigenvalue weighted by Crippen LogP contribution is -2.10.